The number of hydroxylamine groups is 1. The van der Waals surface area contributed by atoms with Crippen LogP contribution in [-0.2, 0) is 14.4 Å². The number of carbonyl (C=O) groups is 2. The first kappa shape index (κ1) is 13.1. The zero-order valence-corrected chi connectivity index (χ0v) is 11.9. The van der Waals surface area contributed by atoms with Gasteiger partial charge in [0.2, 0.25) is 5.91 Å². The van der Waals surface area contributed by atoms with Gasteiger partial charge in [-0.25, -0.2) is 5.06 Å². The second-order valence-electron chi connectivity index (χ2n) is 5.41. The van der Waals surface area contributed by atoms with Crippen molar-refractivity contribution in [3.8, 4) is 0 Å². The molecule has 2 aliphatic heterocycles. The predicted molar refractivity (Wildman–Crippen MR) is 76.5 cm³/mol. The van der Waals surface area contributed by atoms with Gasteiger partial charge in [-0.2, -0.15) is 0 Å². The van der Waals surface area contributed by atoms with Gasteiger partial charge in [0.25, 0.3) is 5.91 Å². The summed E-state index contributed by atoms with van der Waals surface area (Å²) in [6.45, 7) is 0. The van der Waals surface area contributed by atoms with Crippen LogP contribution in [0, 0.1) is 5.92 Å². The SMILES string of the molecule is CN1C(=O)C2ON(c3ccccc3)C(c3ccco3)C2C1=O. The van der Waals surface area contributed by atoms with Crippen LogP contribution in [0.2, 0.25) is 0 Å². The van der Waals surface area contributed by atoms with E-state index in [0.717, 1.165) is 10.6 Å². The number of nitrogens with zero attached hydrogens (tertiary/aromatic N) is 2. The van der Waals surface area contributed by atoms with Crippen molar-refractivity contribution >= 4 is 17.5 Å². The molecule has 0 saturated carbocycles. The van der Waals surface area contributed by atoms with Crippen LogP contribution in [0.3, 0.4) is 0 Å². The topological polar surface area (TPSA) is 63.0 Å². The molecule has 2 aromatic rings. The molecular formula is C16H14N2O4. The number of imide groups is 1. The Balaban J connectivity index is 1.80. The third-order valence-corrected chi connectivity index (χ3v) is 4.18. The van der Waals surface area contributed by atoms with Crippen molar-refractivity contribution in [3.05, 3.63) is 54.5 Å². The summed E-state index contributed by atoms with van der Waals surface area (Å²) in [5.41, 5.74) is 0.779. The van der Waals surface area contributed by atoms with Gasteiger partial charge in [0.1, 0.15) is 17.7 Å². The number of hydrogen-bond donors (Lipinski definition) is 0. The molecule has 3 atom stereocenters. The van der Waals surface area contributed by atoms with E-state index in [9.17, 15) is 9.59 Å². The maximum atomic E-state index is 12.4. The van der Waals surface area contributed by atoms with Crippen LogP contribution in [0.15, 0.2) is 53.1 Å². The average molecular weight is 298 g/mol. The molecule has 112 valence electrons. The van der Waals surface area contributed by atoms with E-state index in [4.69, 9.17) is 9.25 Å². The molecule has 1 aromatic carbocycles. The smallest absolute Gasteiger partial charge is 0.261 e. The molecule has 0 bridgehead atoms. The van der Waals surface area contributed by atoms with E-state index in [2.05, 4.69) is 0 Å². The zero-order chi connectivity index (χ0) is 15.3. The molecule has 2 saturated heterocycles. The number of carbonyl (C=O) groups excluding carboxylic acids is 2. The van der Waals surface area contributed by atoms with Crippen LogP contribution in [0.5, 0.6) is 0 Å². The number of fused-ring (bicyclic) bond motifs is 1. The van der Waals surface area contributed by atoms with Crippen LogP contribution in [0.25, 0.3) is 0 Å². The number of para-hydroxylation sites is 1. The monoisotopic (exact) mass is 298 g/mol. The van der Waals surface area contributed by atoms with Gasteiger partial charge in [0.05, 0.1) is 12.0 Å². The quantitative estimate of drug-likeness (QED) is 0.791. The summed E-state index contributed by atoms with van der Waals surface area (Å²) in [5.74, 6) is -0.545. The Hall–Kier alpha value is -2.60. The van der Waals surface area contributed by atoms with E-state index in [-0.39, 0.29) is 11.8 Å². The highest BCUT2D eigenvalue weighted by atomic mass is 16.7. The standard InChI is InChI=1S/C16H14N2O4/c1-17-15(19)12-13(11-8-5-9-21-11)18(22-14(12)16(17)20)10-6-3-2-4-7-10/h2-9,12-14H,1H3. The Bertz CT molecular complexity index is 713. The number of furan rings is 1. The Kier molecular flexibility index (Phi) is 2.80. The van der Waals surface area contributed by atoms with Crippen molar-refractivity contribution in [2.75, 3.05) is 12.1 Å². The molecule has 6 heteroatoms. The zero-order valence-electron chi connectivity index (χ0n) is 11.9. The van der Waals surface area contributed by atoms with Crippen molar-refractivity contribution < 1.29 is 18.8 Å². The number of amides is 2. The van der Waals surface area contributed by atoms with Gasteiger partial charge in [-0.3, -0.25) is 19.3 Å². The molecule has 2 fully saturated rings. The van der Waals surface area contributed by atoms with E-state index in [1.165, 1.54) is 7.05 Å². The van der Waals surface area contributed by atoms with Crippen molar-refractivity contribution in [2.24, 2.45) is 5.92 Å². The Morgan fingerprint density at radius 1 is 1.00 bits per heavy atom. The molecule has 0 radical (unpaired) electrons. The summed E-state index contributed by atoms with van der Waals surface area (Å²) in [5, 5.41) is 1.61. The molecule has 4 rings (SSSR count). The van der Waals surface area contributed by atoms with E-state index in [1.54, 1.807) is 23.5 Å². The minimum absolute atomic E-state index is 0.241. The maximum Gasteiger partial charge on any atom is 0.261 e. The van der Waals surface area contributed by atoms with Gasteiger partial charge in [0.15, 0.2) is 6.10 Å². The molecule has 0 N–H and O–H groups in total. The second-order valence-corrected chi connectivity index (χ2v) is 5.41. The highest BCUT2D eigenvalue weighted by Gasteiger charge is 2.59. The molecule has 2 amide bonds. The van der Waals surface area contributed by atoms with E-state index in [1.807, 2.05) is 30.3 Å². The largest absolute Gasteiger partial charge is 0.467 e. The lowest BCUT2D eigenvalue weighted by atomic mass is 9.94. The molecule has 0 aliphatic carbocycles. The average Bonchev–Trinajstić information content (AvgIpc) is 3.23. The lowest BCUT2D eigenvalue weighted by Gasteiger charge is -2.26. The molecule has 3 unspecified atom stereocenters. The van der Waals surface area contributed by atoms with Gasteiger partial charge >= 0.3 is 0 Å². The first-order valence-electron chi connectivity index (χ1n) is 7.04. The molecule has 22 heavy (non-hydrogen) atoms. The molecule has 0 spiro atoms. The van der Waals surface area contributed by atoms with Crippen LogP contribution in [0.4, 0.5) is 5.69 Å². The highest BCUT2D eigenvalue weighted by Crippen LogP contribution is 2.46. The minimum atomic E-state index is -0.798. The number of anilines is 1. The molecular weight excluding hydrogens is 284 g/mol. The van der Waals surface area contributed by atoms with Crippen molar-refractivity contribution in [1.82, 2.24) is 4.90 Å². The Morgan fingerprint density at radius 3 is 2.45 bits per heavy atom. The van der Waals surface area contributed by atoms with Crippen molar-refractivity contribution in [1.29, 1.82) is 0 Å². The van der Waals surface area contributed by atoms with Crippen molar-refractivity contribution in [2.45, 2.75) is 12.1 Å². The van der Waals surface area contributed by atoms with E-state index < -0.39 is 18.1 Å². The fourth-order valence-corrected chi connectivity index (χ4v) is 3.10. The third kappa shape index (κ3) is 1.70. The molecule has 3 heterocycles. The number of benzene rings is 1. The first-order chi connectivity index (χ1) is 10.7. The van der Waals surface area contributed by atoms with Gasteiger partial charge < -0.3 is 4.42 Å². The van der Waals surface area contributed by atoms with E-state index in [0.29, 0.717) is 5.76 Å². The normalized spacial score (nSPS) is 27.6. The second kappa shape index (κ2) is 4.71. The lowest BCUT2D eigenvalue weighted by Crippen LogP contribution is -2.34. The minimum Gasteiger partial charge on any atom is -0.467 e. The fraction of sp³-hybridized carbons (Fsp3) is 0.250. The Morgan fingerprint density at radius 2 is 1.77 bits per heavy atom. The van der Waals surface area contributed by atoms with Crippen LogP contribution in [0.1, 0.15) is 11.8 Å². The summed E-state index contributed by atoms with van der Waals surface area (Å²) in [6.07, 6.45) is 0.754. The van der Waals surface area contributed by atoms with Crippen LogP contribution in [-0.4, -0.2) is 29.9 Å². The number of likely N-dealkylation sites (N-methyl/N-ethyl adjacent to an activating group) is 1. The van der Waals surface area contributed by atoms with Crippen molar-refractivity contribution in [3.63, 3.8) is 0 Å². The summed E-state index contributed by atoms with van der Waals surface area (Å²) >= 11 is 0. The maximum absolute atomic E-state index is 12.4. The summed E-state index contributed by atoms with van der Waals surface area (Å²) in [6, 6.07) is 12.5. The van der Waals surface area contributed by atoms with Gasteiger partial charge in [0, 0.05) is 7.05 Å². The lowest BCUT2D eigenvalue weighted by molar-refractivity contribution is -0.141. The Labute approximate surface area is 126 Å². The molecule has 1 aromatic heterocycles. The highest BCUT2D eigenvalue weighted by molar-refractivity contribution is 6.07. The predicted octanol–water partition coefficient (Wildman–Crippen LogP) is 1.76. The first-order valence-corrected chi connectivity index (χ1v) is 7.04. The van der Waals surface area contributed by atoms with Crippen LogP contribution < -0.4 is 5.06 Å². The number of rotatable bonds is 2. The summed E-state index contributed by atoms with van der Waals surface area (Å²) in [7, 11) is 1.48. The summed E-state index contributed by atoms with van der Waals surface area (Å²) in [4.78, 5) is 31.6. The summed E-state index contributed by atoms with van der Waals surface area (Å²) < 4.78 is 5.49. The fourth-order valence-electron chi connectivity index (χ4n) is 3.10. The molecule has 2 aliphatic rings. The molecule has 6 nitrogen and oxygen atoms in total. The third-order valence-electron chi connectivity index (χ3n) is 4.18. The van der Waals surface area contributed by atoms with Gasteiger partial charge in [-0.05, 0) is 24.3 Å². The number of likely N-dealkylation sites (tertiary alicyclic amines) is 1. The van der Waals surface area contributed by atoms with Crippen LogP contribution >= 0.6 is 0 Å². The number of hydrogen-bond acceptors (Lipinski definition) is 5. The van der Waals surface area contributed by atoms with E-state index >= 15 is 0 Å². The van der Waals surface area contributed by atoms with Gasteiger partial charge in [-0.15, -0.1) is 0 Å². The van der Waals surface area contributed by atoms with Gasteiger partial charge in [-0.1, -0.05) is 18.2 Å².